The summed E-state index contributed by atoms with van der Waals surface area (Å²) in [5.41, 5.74) is 0.650. The molecular weight excluding hydrogens is 303 g/mol. The second-order valence-electron chi connectivity index (χ2n) is 5.65. The predicted octanol–water partition coefficient (Wildman–Crippen LogP) is 1.10. The average molecular weight is 324 g/mol. The van der Waals surface area contributed by atoms with Crippen molar-refractivity contribution in [1.82, 2.24) is 10.6 Å². The summed E-state index contributed by atoms with van der Waals surface area (Å²) in [5, 5.41) is 14.0. The second kappa shape index (κ2) is 8.26. The third-order valence-corrected chi connectivity index (χ3v) is 3.28. The molecule has 0 unspecified atom stereocenters. The van der Waals surface area contributed by atoms with Gasteiger partial charge in [0.15, 0.2) is 0 Å². The van der Waals surface area contributed by atoms with Crippen molar-refractivity contribution >= 4 is 17.8 Å². The molecule has 3 N–H and O–H groups in total. The van der Waals surface area contributed by atoms with Crippen LogP contribution in [-0.2, 0) is 20.8 Å². The van der Waals surface area contributed by atoms with E-state index in [1.165, 1.54) is 31.2 Å². The molecular formula is C16H21FN2O4. The van der Waals surface area contributed by atoms with E-state index in [-0.39, 0.29) is 12.3 Å². The van der Waals surface area contributed by atoms with E-state index in [0.29, 0.717) is 5.56 Å². The van der Waals surface area contributed by atoms with Crippen molar-refractivity contribution in [3.63, 3.8) is 0 Å². The molecule has 0 saturated heterocycles. The van der Waals surface area contributed by atoms with Crippen LogP contribution in [0.3, 0.4) is 0 Å². The quantitative estimate of drug-likeness (QED) is 0.700. The summed E-state index contributed by atoms with van der Waals surface area (Å²) in [5.74, 6) is -2.86. The average Bonchev–Trinajstić information content (AvgIpc) is 2.44. The van der Waals surface area contributed by atoms with E-state index in [2.05, 4.69) is 10.6 Å². The Bertz CT molecular complexity index is 572. The number of nitrogens with one attached hydrogen (secondary N) is 2. The smallest absolute Gasteiger partial charge is 0.326 e. The van der Waals surface area contributed by atoms with Gasteiger partial charge in [0.05, 0.1) is 0 Å². The molecule has 6 nitrogen and oxygen atoms in total. The molecule has 1 aromatic rings. The Morgan fingerprint density at radius 1 is 1.13 bits per heavy atom. The minimum absolute atomic E-state index is 0.135. The molecule has 0 bridgehead atoms. The number of aliphatic carboxylic acids is 1. The third kappa shape index (κ3) is 6.06. The van der Waals surface area contributed by atoms with Crippen molar-refractivity contribution in [3.8, 4) is 0 Å². The molecule has 0 aliphatic heterocycles. The largest absolute Gasteiger partial charge is 0.480 e. The molecule has 23 heavy (non-hydrogen) atoms. The summed E-state index contributed by atoms with van der Waals surface area (Å²) < 4.78 is 12.9. The van der Waals surface area contributed by atoms with Crippen LogP contribution in [0.25, 0.3) is 0 Å². The van der Waals surface area contributed by atoms with Crippen molar-refractivity contribution < 1.29 is 23.9 Å². The summed E-state index contributed by atoms with van der Waals surface area (Å²) >= 11 is 0. The number of halogens is 1. The van der Waals surface area contributed by atoms with E-state index in [9.17, 15) is 18.8 Å². The van der Waals surface area contributed by atoms with Crippen LogP contribution in [-0.4, -0.2) is 35.0 Å². The van der Waals surface area contributed by atoms with E-state index in [1.807, 2.05) is 0 Å². The highest BCUT2D eigenvalue weighted by atomic mass is 19.1. The van der Waals surface area contributed by atoms with Crippen LogP contribution in [0.1, 0.15) is 26.3 Å². The number of amides is 2. The fourth-order valence-electron chi connectivity index (χ4n) is 2.08. The minimum Gasteiger partial charge on any atom is -0.480 e. The van der Waals surface area contributed by atoms with Crippen molar-refractivity contribution in [2.75, 3.05) is 0 Å². The first-order chi connectivity index (χ1) is 10.7. The molecule has 0 radical (unpaired) electrons. The molecule has 0 aliphatic rings. The van der Waals surface area contributed by atoms with Crippen molar-refractivity contribution in [3.05, 3.63) is 35.6 Å². The fourth-order valence-corrected chi connectivity index (χ4v) is 2.08. The number of hydrogen-bond acceptors (Lipinski definition) is 3. The molecule has 0 aliphatic carbocycles. The van der Waals surface area contributed by atoms with Gasteiger partial charge in [0.2, 0.25) is 11.8 Å². The fraction of sp³-hybridized carbons (Fsp3) is 0.438. The van der Waals surface area contributed by atoms with Crippen LogP contribution >= 0.6 is 0 Å². The van der Waals surface area contributed by atoms with Gasteiger partial charge in [-0.25, -0.2) is 9.18 Å². The summed E-state index contributed by atoms with van der Waals surface area (Å²) in [4.78, 5) is 34.8. The zero-order chi connectivity index (χ0) is 17.6. The maximum atomic E-state index is 12.9. The van der Waals surface area contributed by atoms with Gasteiger partial charge in [-0.1, -0.05) is 26.0 Å². The molecule has 0 spiro atoms. The van der Waals surface area contributed by atoms with Crippen LogP contribution in [0.15, 0.2) is 24.3 Å². The molecule has 7 heteroatoms. The van der Waals surface area contributed by atoms with Crippen LogP contribution < -0.4 is 10.6 Å². The highest BCUT2D eigenvalue weighted by Crippen LogP contribution is 2.08. The maximum Gasteiger partial charge on any atom is 0.326 e. The Morgan fingerprint density at radius 3 is 2.13 bits per heavy atom. The Kier molecular flexibility index (Phi) is 6.68. The van der Waals surface area contributed by atoms with E-state index in [0.717, 1.165) is 0 Å². The molecule has 1 rings (SSSR count). The lowest BCUT2D eigenvalue weighted by Crippen LogP contribution is -2.53. The van der Waals surface area contributed by atoms with Crippen LogP contribution in [0.4, 0.5) is 4.39 Å². The standard InChI is InChI=1S/C16H21FN2O4/c1-9(2)14(16(22)23)19-15(21)13(18-10(3)20)8-11-4-6-12(17)7-5-11/h4-7,9,13-14H,8H2,1-3H3,(H,18,20)(H,19,21)(H,22,23)/t13-,14+/m1/s1. The Labute approximate surface area is 134 Å². The highest BCUT2D eigenvalue weighted by Gasteiger charge is 2.28. The number of rotatable bonds is 7. The Balaban J connectivity index is 2.87. The SMILES string of the molecule is CC(=O)N[C@H](Cc1ccc(F)cc1)C(=O)N[C@H](C(=O)O)C(C)C. The van der Waals surface area contributed by atoms with E-state index in [1.54, 1.807) is 13.8 Å². The molecule has 126 valence electrons. The molecule has 2 amide bonds. The number of carbonyl (C=O) groups excluding carboxylic acids is 2. The van der Waals surface area contributed by atoms with Crippen molar-refractivity contribution in [1.29, 1.82) is 0 Å². The van der Waals surface area contributed by atoms with Gasteiger partial charge in [-0.05, 0) is 23.6 Å². The van der Waals surface area contributed by atoms with Gasteiger partial charge < -0.3 is 15.7 Å². The van der Waals surface area contributed by atoms with Gasteiger partial charge in [-0.2, -0.15) is 0 Å². The first-order valence-electron chi connectivity index (χ1n) is 7.25. The number of benzene rings is 1. The zero-order valence-corrected chi connectivity index (χ0v) is 13.3. The van der Waals surface area contributed by atoms with Gasteiger partial charge in [0.25, 0.3) is 0 Å². The third-order valence-electron chi connectivity index (χ3n) is 3.28. The number of carbonyl (C=O) groups is 3. The first-order valence-corrected chi connectivity index (χ1v) is 7.25. The van der Waals surface area contributed by atoms with Crippen molar-refractivity contribution in [2.45, 2.75) is 39.3 Å². The lowest BCUT2D eigenvalue weighted by Gasteiger charge is -2.23. The molecule has 0 heterocycles. The topological polar surface area (TPSA) is 95.5 Å². The van der Waals surface area contributed by atoms with Crippen molar-refractivity contribution in [2.24, 2.45) is 5.92 Å². The van der Waals surface area contributed by atoms with Crippen LogP contribution in [0.2, 0.25) is 0 Å². The van der Waals surface area contributed by atoms with E-state index in [4.69, 9.17) is 5.11 Å². The van der Waals surface area contributed by atoms with E-state index < -0.39 is 35.7 Å². The number of carboxylic acids is 1. The summed E-state index contributed by atoms with van der Waals surface area (Å²) in [6.45, 7) is 4.61. The number of carboxylic acid groups (broad SMARTS) is 1. The van der Waals surface area contributed by atoms with E-state index >= 15 is 0 Å². The maximum absolute atomic E-state index is 12.9. The number of hydrogen-bond donors (Lipinski definition) is 3. The molecule has 0 fully saturated rings. The minimum atomic E-state index is -1.14. The predicted molar refractivity (Wildman–Crippen MR) is 82.1 cm³/mol. The summed E-state index contributed by atoms with van der Waals surface area (Å²) in [7, 11) is 0. The summed E-state index contributed by atoms with van der Waals surface area (Å²) in [6.07, 6.45) is 0.135. The Morgan fingerprint density at radius 2 is 1.70 bits per heavy atom. The molecule has 1 aromatic carbocycles. The molecule has 0 saturated carbocycles. The van der Waals surface area contributed by atoms with Gasteiger partial charge >= 0.3 is 5.97 Å². The zero-order valence-electron chi connectivity index (χ0n) is 13.3. The summed E-state index contributed by atoms with van der Waals surface area (Å²) in [6, 6.07) is 3.55. The molecule has 0 aromatic heterocycles. The second-order valence-corrected chi connectivity index (χ2v) is 5.65. The monoisotopic (exact) mass is 324 g/mol. The molecule has 2 atom stereocenters. The van der Waals surface area contributed by atoms with Gasteiger partial charge in [-0.3, -0.25) is 9.59 Å². The van der Waals surface area contributed by atoms with Gasteiger partial charge in [0, 0.05) is 13.3 Å². The first kappa shape index (κ1) is 18.6. The normalized spacial score (nSPS) is 13.3. The lowest BCUT2D eigenvalue weighted by molar-refractivity contribution is -0.143. The van der Waals surface area contributed by atoms with Gasteiger partial charge in [0.1, 0.15) is 17.9 Å². The van der Waals surface area contributed by atoms with Crippen LogP contribution in [0.5, 0.6) is 0 Å². The highest BCUT2D eigenvalue weighted by molar-refractivity contribution is 5.90. The Hall–Kier alpha value is -2.44. The van der Waals surface area contributed by atoms with Crippen LogP contribution in [0, 0.1) is 11.7 Å². The lowest BCUT2D eigenvalue weighted by atomic mass is 10.0. The van der Waals surface area contributed by atoms with Gasteiger partial charge in [-0.15, -0.1) is 0 Å².